The van der Waals surface area contributed by atoms with Crippen molar-refractivity contribution in [3.8, 4) is 0 Å². The Hall–Kier alpha value is -0.640. The first-order valence-electron chi connectivity index (χ1n) is 3.97. The van der Waals surface area contributed by atoms with Crippen molar-refractivity contribution >= 4 is 0 Å². The van der Waals surface area contributed by atoms with Crippen molar-refractivity contribution in [3.63, 3.8) is 0 Å². The lowest BCUT2D eigenvalue weighted by molar-refractivity contribution is -0.821. The van der Waals surface area contributed by atoms with Crippen molar-refractivity contribution in [2.24, 2.45) is 0 Å². The van der Waals surface area contributed by atoms with Crippen molar-refractivity contribution in [2.45, 2.75) is 37.5 Å². The highest BCUT2D eigenvalue weighted by molar-refractivity contribution is 4.91. The third-order valence-corrected chi connectivity index (χ3v) is 2.45. The molecule has 0 bridgehead atoms. The first kappa shape index (κ1) is 7.03. The van der Waals surface area contributed by atoms with E-state index in [2.05, 4.69) is 4.84 Å². The standard InChI is InChI=1S/C7H12NO3/c1-10-8(9)5-2-3-6-7(4-5)11-6/h5-7H,2-4H2,1H3/q+1. The normalized spacial score (nSPS) is 41.0. The van der Waals surface area contributed by atoms with Gasteiger partial charge in [-0.25, -0.2) is 4.84 Å². The third kappa shape index (κ3) is 1.22. The molecule has 1 heterocycles. The Morgan fingerprint density at radius 3 is 2.91 bits per heavy atom. The largest absolute Gasteiger partial charge is 0.369 e. The van der Waals surface area contributed by atoms with Gasteiger partial charge in [0, 0.05) is 12.8 Å². The van der Waals surface area contributed by atoms with Gasteiger partial charge in [-0.15, -0.1) is 0 Å². The predicted octanol–water partition coefficient (Wildman–Crippen LogP) is 0.647. The Morgan fingerprint density at radius 1 is 1.45 bits per heavy atom. The van der Waals surface area contributed by atoms with Crippen molar-refractivity contribution in [1.29, 1.82) is 0 Å². The fourth-order valence-electron chi connectivity index (χ4n) is 1.72. The summed E-state index contributed by atoms with van der Waals surface area (Å²) in [6, 6.07) is 0.0174. The maximum atomic E-state index is 11.0. The summed E-state index contributed by atoms with van der Waals surface area (Å²) in [7, 11) is 1.41. The summed E-state index contributed by atoms with van der Waals surface area (Å²) in [5.41, 5.74) is 0. The summed E-state index contributed by atoms with van der Waals surface area (Å²) in [6.45, 7) is 0. The monoisotopic (exact) mass is 158 g/mol. The molecule has 3 unspecified atom stereocenters. The molecule has 1 aliphatic heterocycles. The zero-order valence-corrected chi connectivity index (χ0v) is 6.53. The van der Waals surface area contributed by atoms with Gasteiger partial charge in [-0.1, -0.05) is 0 Å². The second kappa shape index (κ2) is 2.44. The van der Waals surface area contributed by atoms with Gasteiger partial charge in [-0.3, -0.25) is 0 Å². The van der Waals surface area contributed by atoms with Crippen molar-refractivity contribution in [1.82, 2.24) is 0 Å². The van der Waals surface area contributed by atoms with E-state index >= 15 is 0 Å². The van der Waals surface area contributed by atoms with E-state index in [4.69, 9.17) is 4.74 Å². The van der Waals surface area contributed by atoms with Crippen LogP contribution in [0.5, 0.6) is 0 Å². The van der Waals surface area contributed by atoms with Gasteiger partial charge in [-0.05, 0) is 6.42 Å². The smallest absolute Gasteiger partial charge is 0.260 e. The second-order valence-electron chi connectivity index (χ2n) is 3.15. The maximum Gasteiger partial charge on any atom is 0.260 e. The van der Waals surface area contributed by atoms with E-state index in [1.165, 1.54) is 7.11 Å². The van der Waals surface area contributed by atoms with Crippen LogP contribution in [0.15, 0.2) is 0 Å². The zero-order chi connectivity index (χ0) is 7.84. The fourth-order valence-corrected chi connectivity index (χ4v) is 1.72. The number of nitrogens with zero attached hydrogens (tertiary/aromatic N) is 1. The van der Waals surface area contributed by atoms with E-state index < -0.39 is 0 Å². The Bertz CT molecular complexity index is 183. The quantitative estimate of drug-likeness (QED) is 0.437. The summed E-state index contributed by atoms with van der Waals surface area (Å²) >= 11 is 0. The number of fused-ring (bicyclic) bond motifs is 1. The molecule has 0 N–H and O–H groups in total. The molecule has 0 aromatic heterocycles. The minimum Gasteiger partial charge on any atom is -0.369 e. The molecule has 0 spiro atoms. The van der Waals surface area contributed by atoms with Crippen molar-refractivity contribution in [3.05, 3.63) is 4.91 Å². The van der Waals surface area contributed by atoms with Gasteiger partial charge >= 0.3 is 0 Å². The molecule has 2 rings (SSSR count). The number of epoxide rings is 1. The first-order valence-corrected chi connectivity index (χ1v) is 3.97. The molecule has 2 aliphatic rings. The molecule has 1 aliphatic carbocycles. The number of ether oxygens (including phenoxy) is 1. The SMILES string of the molecule is CO[N+](=O)C1CCC2OC2C1. The Balaban J connectivity index is 1.89. The summed E-state index contributed by atoms with van der Waals surface area (Å²) in [6.07, 6.45) is 3.55. The van der Waals surface area contributed by atoms with Crippen LogP contribution >= 0.6 is 0 Å². The van der Waals surface area contributed by atoms with Crippen LogP contribution < -0.4 is 0 Å². The molecule has 4 heteroatoms. The van der Waals surface area contributed by atoms with Gasteiger partial charge in [-0.2, -0.15) is 0 Å². The highest BCUT2D eigenvalue weighted by Crippen LogP contribution is 2.37. The molecule has 11 heavy (non-hydrogen) atoms. The predicted molar refractivity (Wildman–Crippen MR) is 36.9 cm³/mol. The molecule has 62 valence electrons. The fraction of sp³-hybridized carbons (Fsp3) is 1.00. The average molecular weight is 158 g/mol. The van der Waals surface area contributed by atoms with Gasteiger partial charge in [0.2, 0.25) is 4.92 Å². The average Bonchev–Trinajstić information content (AvgIpc) is 2.80. The molecule has 0 radical (unpaired) electrons. The van der Waals surface area contributed by atoms with Gasteiger partial charge in [0.25, 0.3) is 6.04 Å². The highest BCUT2D eigenvalue weighted by atomic mass is 16.8. The summed E-state index contributed by atoms with van der Waals surface area (Å²) < 4.78 is 5.28. The molecular weight excluding hydrogens is 146 g/mol. The second-order valence-corrected chi connectivity index (χ2v) is 3.15. The molecule has 1 saturated carbocycles. The lowest BCUT2D eigenvalue weighted by Gasteiger charge is -2.07. The lowest BCUT2D eigenvalue weighted by Crippen LogP contribution is -2.29. The molecule has 0 amide bonds. The minimum absolute atomic E-state index is 0.0174. The molecule has 4 nitrogen and oxygen atoms in total. The maximum absolute atomic E-state index is 11.0. The van der Waals surface area contributed by atoms with Crippen LogP contribution in [0.25, 0.3) is 0 Å². The van der Waals surface area contributed by atoms with E-state index in [9.17, 15) is 4.91 Å². The number of rotatable bonds is 2. The van der Waals surface area contributed by atoms with E-state index in [1.807, 2.05) is 0 Å². The van der Waals surface area contributed by atoms with E-state index in [0.717, 1.165) is 19.3 Å². The molecule has 0 aromatic rings. The van der Waals surface area contributed by atoms with Crippen LogP contribution in [0.1, 0.15) is 19.3 Å². The topological polar surface area (TPSA) is 41.8 Å². The lowest BCUT2D eigenvalue weighted by atomic mass is 9.96. The van der Waals surface area contributed by atoms with E-state index in [-0.39, 0.29) is 6.04 Å². The third-order valence-electron chi connectivity index (χ3n) is 2.45. The molecule has 0 aromatic carbocycles. The van der Waals surface area contributed by atoms with Gasteiger partial charge in [0.1, 0.15) is 0 Å². The van der Waals surface area contributed by atoms with Gasteiger partial charge < -0.3 is 4.74 Å². The van der Waals surface area contributed by atoms with Crippen molar-refractivity contribution < 1.29 is 14.5 Å². The first-order chi connectivity index (χ1) is 5.31. The highest BCUT2D eigenvalue weighted by Gasteiger charge is 2.49. The Kier molecular flexibility index (Phi) is 1.56. The van der Waals surface area contributed by atoms with Crippen molar-refractivity contribution in [2.75, 3.05) is 7.11 Å². The van der Waals surface area contributed by atoms with E-state index in [1.54, 1.807) is 0 Å². The van der Waals surface area contributed by atoms with Crippen LogP contribution in [0.4, 0.5) is 0 Å². The van der Waals surface area contributed by atoms with E-state index in [0.29, 0.717) is 17.1 Å². The number of hydrogen-bond acceptors (Lipinski definition) is 3. The summed E-state index contributed by atoms with van der Waals surface area (Å²) in [5.74, 6) is 0. The Labute approximate surface area is 65.0 Å². The van der Waals surface area contributed by atoms with Crippen LogP contribution in [0.2, 0.25) is 0 Å². The summed E-state index contributed by atoms with van der Waals surface area (Å²) in [5, 5.41) is 0. The molecule has 2 fully saturated rings. The van der Waals surface area contributed by atoms with Gasteiger partial charge in [0.05, 0.1) is 17.1 Å². The summed E-state index contributed by atoms with van der Waals surface area (Å²) in [4.78, 5) is 16.2. The van der Waals surface area contributed by atoms with Crippen LogP contribution in [0.3, 0.4) is 0 Å². The van der Waals surface area contributed by atoms with Crippen LogP contribution in [-0.4, -0.2) is 30.3 Å². The van der Waals surface area contributed by atoms with Crippen LogP contribution in [0, 0.1) is 4.91 Å². The molecule has 3 atom stereocenters. The molecule has 1 saturated heterocycles. The molecular formula is C7H12NO3+. The Morgan fingerprint density at radius 2 is 2.27 bits per heavy atom. The van der Waals surface area contributed by atoms with Crippen LogP contribution in [-0.2, 0) is 9.57 Å². The zero-order valence-electron chi connectivity index (χ0n) is 6.53. The number of hydrogen-bond donors (Lipinski definition) is 0. The minimum atomic E-state index is 0.0174. The van der Waals surface area contributed by atoms with Gasteiger partial charge in [0.15, 0.2) is 7.11 Å².